The molecule has 0 unspecified atom stereocenters. The van der Waals surface area contributed by atoms with Crippen molar-refractivity contribution in [3.05, 3.63) is 60.4 Å². The molecule has 0 N–H and O–H groups in total. The molecular formula is C13H13BrN2. The van der Waals surface area contributed by atoms with Crippen LogP contribution < -0.4 is 0 Å². The monoisotopic (exact) mass is 276 g/mol. The van der Waals surface area contributed by atoms with Gasteiger partial charge in [0, 0.05) is 17.1 Å². The van der Waals surface area contributed by atoms with E-state index in [9.17, 15) is 0 Å². The third-order valence-corrected chi connectivity index (χ3v) is 3.07. The lowest BCUT2D eigenvalue weighted by Crippen LogP contribution is -1.99. The number of allylic oxidation sites excluding steroid dienone is 1. The molecule has 0 aliphatic rings. The third-order valence-electron chi connectivity index (χ3n) is 2.39. The van der Waals surface area contributed by atoms with Gasteiger partial charge in [0.05, 0.1) is 12.7 Å². The van der Waals surface area contributed by atoms with Crippen LogP contribution in [0.4, 0.5) is 0 Å². The summed E-state index contributed by atoms with van der Waals surface area (Å²) in [4.78, 5) is 0. The highest BCUT2D eigenvalue weighted by molar-refractivity contribution is 9.09. The predicted molar refractivity (Wildman–Crippen MR) is 70.6 cm³/mol. The Hall–Kier alpha value is -1.35. The number of nitrogens with zero attached hydrogens (tertiary/aromatic N) is 2. The third kappa shape index (κ3) is 2.61. The lowest BCUT2D eigenvalue weighted by atomic mass is 10.2. The molecule has 16 heavy (non-hydrogen) atoms. The number of rotatable bonds is 4. The van der Waals surface area contributed by atoms with Crippen LogP contribution in [0.2, 0.25) is 0 Å². The largest absolute Gasteiger partial charge is 0.268 e. The van der Waals surface area contributed by atoms with Gasteiger partial charge >= 0.3 is 0 Å². The minimum atomic E-state index is 0.782. The summed E-state index contributed by atoms with van der Waals surface area (Å²) in [6.45, 7) is 4.77. The second kappa shape index (κ2) is 5.12. The fraction of sp³-hybridized carbons (Fsp3) is 0.154. The number of hydrogen-bond acceptors (Lipinski definition) is 1. The van der Waals surface area contributed by atoms with E-state index < -0.39 is 0 Å². The van der Waals surface area contributed by atoms with Gasteiger partial charge in [-0.3, -0.25) is 4.68 Å². The van der Waals surface area contributed by atoms with Gasteiger partial charge in [-0.15, -0.1) is 0 Å². The Bertz CT molecular complexity index is 474. The van der Waals surface area contributed by atoms with Gasteiger partial charge in [0.15, 0.2) is 0 Å². The first-order valence-corrected chi connectivity index (χ1v) is 6.22. The Balaban J connectivity index is 2.12. The van der Waals surface area contributed by atoms with Gasteiger partial charge in [0.25, 0.3) is 0 Å². The molecule has 2 aromatic rings. The lowest BCUT2D eigenvalue weighted by molar-refractivity contribution is 0.687. The van der Waals surface area contributed by atoms with Crippen molar-refractivity contribution in [2.45, 2.75) is 6.54 Å². The molecule has 0 spiro atoms. The summed E-state index contributed by atoms with van der Waals surface area (Å²) in [6, 6.07) is 10.3. The Kier molecular flexibility index (Phi) is 3.57. The van der Waals surface area contributed by atoms with Crippen molar-refractivity contribution in [2.75, 3.05) is 5.33 Å². The molecule has 1 aromatic carbocycles. The summed E-state index contributed by atoms with van der Waals surface area (Å²) in [6.07, 6.45) is 3.88. The highest BCUT2D eigenvalue weighted by atomic mass is 79.9. The fourth-order valence-corrected chi connectivity index (χ4v) is 1.80. The van der Waals surface area contributed by atoms with E-state index in [1.807, 2.05) is 35.3 Å². The summed E-state index contributed by atoms with van der Waals surface area (Å²) < 4.78 is 1.93. The summed E-state index contributed by atoms with van der Waals surface area (Å²) >= 11 is 3.39. The van der Waals surface area contributed by atoms with Crippen LogP contribution in [0.15, 0.2) is 49.3 Å². The second-order valence-corrected chi connectivity index (χ2v) is 4.21. The molecule has 0 saturated heterocycles. The van der Waals surface area contributed by atoms with Gasteiger partial charge in [0.1, 0.15) is 0 Å². The SMILES string of the molecule is C=C(CBr)c1cnn(Cc2ccccc2)c1. The molecule has 0 fully saturated rings. The smallest absolute Gasteiger partial charge is 0.0659 e. The highest BCUT2D eigenvalue weighted by Gasteiger charge is 2.01. The van der Waals surface area contributed by atoms with Crippen molar-refractivity contribution >= 4 is 21.5 Å². The summed E-state index contributed by atoms with van der Waals surface area (Å²) in [7, 11) is 0. The minimum absolute atomic E-state index is 0.782. The summed E-state index contributed by atoms with van der Waals surface area (Å²) in [5.41, 5.74) is 3.40. The van der Waals surface area contributed by atoms with Crippen molar-refractivity contribution in [3.8, 4) is 0 Å². The van der Waals surface area contributed by atoms with Gasteiger partial charge in [0.2, 0.25) is 0 Å². The maximum absolute atomic E-state index is 4.32. The average molecular weight is 277 g/mol. The first-order chi connectivity index (χ1) is 7.79. The molecule has 0 saturated carbocycles. The molecular weight excluding hydrogens is 264 g/mol. The second-order valence-electron chi connectivity index (χ2n) is 3.65. The Morgan fingerprint density at radius 2 is 2.06 bits per heavy atom. The van der Waals surface area contributed by atoms with Crippen LogP contribution >= 0.6 is 15.9 Å². The lowest BCUT2D eigenvalue weighted by Gasteiger charge is -2.00. The number of halogens is 1. The predicted octanol–water partition coefficient (Wildman–Crippen LogP) is 3.34. The molecule has 0 aliphatic heterocycles. The Morgan fingerprint density at radius 3 is 2.75 bits per heavy atom. The van der Waals surface area contributed by atoms with Gasteiger partial charge in [-0.1, -0.05) is 52.8 Å². The number of aromatic nitrogens is 2. The van der Waals surface area contributed by atoms with Crippen LogP contribution in [0, 0.1) is 0 Å². The van der Waals surface area contributed by atoms with E-state index in [0.29, 0.717) is 0 Å². The molecule has 0 bridgehead atoms. The number of alkyl halides is 1. The molecule has 2 nitrogen and oxygen atoms in total. The summed E-state index contributed by atoms with van der Waals surface area (Å²) in [5.74, 6) is 0. The molecule has 3 heteroatoms. The van der Waals surface area contributed by atoms with E-state index in [-0.39, 0.29) is 0 Å². The number of benzene rings is 1. The van der Waals surface area contributed by atoms with Crippen molar-refractivity contribution in [2.24, 2.45) is 0 Å². The normalized spacial score (nSPS) is 10.3. The van der Waals surface area contributed by atoms with E-state index in [1.165, 1.54) is 5.56 Å². The first-order valence-electron chi connectivity index (χ1n) is 5.10. The summed E-state index contributed by atoms with van der Waals surface area (Å²) in [5, 5.41) is 5.10. The Morgan fingerprint density at radius 1 is 1.31 bits per heavy atom. The van der Waals surface area contributed by atoms with Gasteiger partial charge in [-0.2, -0.15) is 5.10 Å². The van der Waals surface area contributed by atoms with Crippen LogP contribution in [-0.4, -0.2) is 15.1 Å². The van der Waals surface area contributed by atoms with E-state index in [0.717, 1.165) is 23.0 Å². The van der Waals surface area contributed by atoms with Crippen molar-refractivity contribution in [1.82, 2.24) is 9.78 Å². The van der Waals surface area contributed by atoms with Crippen LogP contribution in [0.5, 0.6) is 0 Å². The van der Waals surface area contributed by atoms with Crippen LogP contribution in [0.25, 0.3) is 5.57 Å². The van der Waals surface area contributed by atoms with Crippen LogP contribution in [0.3, 0.4) is 0 Å². The standard InChI is InChI=1S/C13H13BrN2/c1-11(7-14)13-8-15-16(10-13)9-12-5-3-2-4-6-12/h2-6,8,10H,1,7,9H2. The molecule has 1 heterocycles. The van der Waals surface area contributed by atoms with E-state index in [4.69, 9.17) is 0 Å². The van der Waals surface area contributed by atoms with Crippen molar-refractivity contribution in [3.63, 3.8) is 0 Å². The molecule has 0 aliphatic carbocycles. The zero-order chi connectivity index (χ0) is 11.4. The zero-order valence-corrected chi connectivity index (χ0v) is 10.5. The fourth-order valence-electron chi connectivity index (χ4n) is 1.48. The van der Waals surface area contributed by atoms with Crippen molar-refractivity contribution in [1.29, 1.82) is 0 Å². The first kappa shape index (κ1) is 11.1. The van der Waals surface area contributed by atoms with Crippen molar-refractivity contribution < 1.29 is 0 Å². The average Bonchev–Trinajstić information content (AvgIpc) is 2.78. The highest BCUT2D eigenvalue weighted by Crippen LogP contribution is 2.14. The van der Waals surface area contributed by atoms with Crippen LogP contribution in [-0.2, 0) is 6.54 Å². The Labute approximate surface area is 104 Å². The van der Waals surface area contributed by atoms with E-state index in [1.54, 1.807) is 0 Å². The molecule has 1 aromatic heterocycles. The molecule has 0 atom stereocenters. The topological polar surface area (TPSA) is 17.8 Å². The maximum atomic E-state index is 4.32. The van der Waals surface area contributed by atoms with E-state index >= 15 is 0 Å². The van der Waals surface area contributed by atoms with Gasteiger partial charge in [-0.05, 0) is 11.1 Å². The van der Waals surface area contributed by atoms with Gasteiger partial charge < -0.3 is 0 Å². The maximum Gasteiger partial charge on any atom is 0.0659 e. The minimum Gasteiger partial charge on any atom is -0.268 e. The molecule has 0 radical (unpaired) electrons. The molecule has 0 amide bonds. The van der Waals surface area contributed by atoms with Gasteiger partial charge in [-0.25, -0.2) is 0 Å². The molecule has 82 valence electrons. The molecule has 2 rings (SSSR count). The van der Waals surface area contributed by atoms with E-state index in [2.05, 4.69) is 39.7 Å². The van der Waals surface area contributed by atoms with Crippen LogP contribution in [0.1, 0.15) is 11.1 Å². The number of hydrogen-bond donors (Lipinski definition) is 0. The zero-order valence-electron chi connectivity index (χ0n) is 8.94. The quantitative estimate of drug-likeness (QED) is 0.784.